The number of phenols is 1. The molecule has 36 heavy (non-hydrogen) atoms. The van der Waals surface area contributed by atoms with E-state index in [9.17, 15) is 9.90 Å². The smallest absolute Gasteiger partial charge is 0.347 e. The highest BCUT2D eigenvalue weighted by Crippen LogP contribution is 2.29. The van der Waals surface area contributed by atoms with E-state index < -0.39 is 5.97 Å². The Bertz CT molecular complexity index is 1560. The molecule has 0 heterocycles. The largest absolute Gasteiger partial charge is 0.507 e. The summed E-state index contributed by atoms with van der Waals surface area (Å²) in [6.07, 6.45) is 4.79. The van der Waals surface area contributed by atoms with Gasteiger partial charge in [0.05, 0.1) is 0 Å². The summed E-state index contributed by atoms with van der Waals surface area (Å²) in [5.74, 6) is 34.7. The van der Waals surface area contributed by atoms with E-state index in [1.807, 2.05) is 0 Å². The summed E-state index contributed by atoms with van der Waals surface area (Å²) in [5.41, 5.74) is -0.0147. The molecule has 0 aromatic heterocycles. The predicted octanol–water partition coefficient (Wildman–Crippen LogP) is 3.35. The Morgan fingerprint density at radius 2 is 1.08 bits per heavy atom. The van der Waals surface area contributed by atoms with Gasteiger partial charge in [-0.1, -0.05) is 24.0 Å². The van der Waals surface area contributed by atoms with Gasteiger partial charge >= 0.3 is 5.97 Å². The van der Waals surface area contributed by atoms with Gasteiger partial charge in [-0.2, -0.15) is 0 Å². The van der Waals surface area contributed by atoms with Gasteiger partial charge in [-0.3, -0.25) is 0 Å². The molecule has 0 atom stereocenters. The van der Waals surface area contributed by atoms with E-state index in [2.05, 4.69) is 95.1 Å². The molecular formula is C31H14O5. The first-order valence-electron chi connectivity index (χ1n) is 9.96. The number of para-hydroxylation sites is 1. The van der Waals surface area contributed by atoms with Crippen LogP contribution in [-0.2, 0) is 0 Å². The molecule has 0 aliphatic carbocycles. The Kier molecular flexibility index (Phi) is 11.3. The SMILES string of the molecule is CC#CC#CC#CC#COc1cc(OC#CC#CC#CC#CC)cc(OC(=O)c2ccccc2O)c1. The van der Waals surface area contributed by atoms with Crippen molar-refractivity contribution in [1.29, 1.82) is 0 Å². The lowest BCUT2D eigenvalue weighted by atomic mass is 10.2. The molecule has 0 amide bonds. The minimum absolute atomic E-state index is 0.0147. The minimum Gasteiger partial charge on any atom is -0.507 e. The van der Waals surface area contributed by atoms with Crippen LogP contribution in [0.5, 0.6) is 23.0 Å². The zero-order valence-electron chi connectivity index (χ0n) is 19.1. The topological polar surface area (TPSA) is 65.0 Å². The number of hydrogen-bond acceptors (Lipinski definition) is 5. The van der Waals surface area contributed by atoms with E-state index in [1.54, 1.807) is 26.0 Å². The quantitative estimate of drug-likeness (QED) is 0.426. The summed E-state index contributed by atoms with van der Waals surface area (Å²) in [7, 11) is 0. The van der Waals surface area contributed by atoms with E-state index in [4.69, 9.17) is 14.2 Å². The average molecular weight is 466 g/mol. The molecule has 0 fully saturated rings. The monoisotopic (exact) mass is 466 g/mol. The van der Waals surface area contributed by atoms with Gasteiger partial charge in [0.15, 0.2) is 0 Å². The third-order valence-electron chi connectivity index (χ3n) is 3.50. The van der Waals surface area contributed by atoms with Gasteiger partial charge in [-0.05, 0) is 61.5 Å². The van der Waals surface area contributed by atoms with Crippen LogP contribution >= 0.6 is 0 Å². The Hall–Kier alpha value is -6.21. The Morgan fingerprint density at radius 1 is 0.639 bits per heavy atom. The van der Waals surface area contributed by atoms with Gasteiger partial charge in [0.25, 0.3) is 0 Å². The van der Waals surface area contributed by atoms with Gasteiger partial charge < -0.3 is 19.3 Å². The normalized spacial score (nSPS) is 7.28. The van der Waals surface area contributed by atoms with Crippen molar-refractivity contribution >= 4 is 5.97 Å². The van der Waals surface area contributed by atoms with Crippen LogP contribution in [0.4, 0.5) is 0 Å². The van der Waals surface area contributed by atoms with Crippen molar-refractivity contribution in [3.05, 3.63) is 48.0 Å². The van der Waals surface area contributed by atoms with Crippen molar-refractivity contribution in [1.82, 2.24) is 0 Å². The molecule has 2 aromatic carbocycles. The van der Waals surface area contributed by atoms with Gasteiger partial charge in [-0.25, -0.2) is 4.79 Å². The van der Waals surface area contributed by atoms with Crippen LogP contribution in [0.1, 0.15) is 24.2 Å². The van der Waals surface area contributed by atoms with Gasteiger partial charge in [0.1, 0.15) is 40.8 Å². The first-order valence-corrected chi connectivity index (χ1v) is 9.96. The molecule has 0 unspecified atom stereocenters. The van der Waals surface area contributed by atoms with Crippen LogP contribution in [0.3, 0.4) is 0 Å². The Balaban J connectivity index is 2.25. The molecule has 0 spiro atoms. The van der Waals surface area contributed by atoms with Crippen LogP contribution in [0.2, 0.25) is 0 Å². The molecule has 5 nitrogen and oxygen atoms in total. The third-order valence-corrected chi connectivity index (χ3v) is 3.50. The van der Waals surface area contributed by atoms with Gasteiger partial charge in [0, 0.05) is 53.7 Å². The lowest BCUT2D eigenvalue weighted by molar-refractivity contribution is 0.0731. The summed E-state index contributed by atoms with van der Waals surface area (Å²) in [6, 6.07) is 10.2. The highest BCUT2D eigenvalue weighted by molar-refractivity contribution is 5.93. The molecule has 0 aliphatic heterocycles. The molecule has 168 valence electrons. The number of ether oxygens (including phenoxy) is 3. The van der Waals surface area contributed by atoms with Crippen LogP contribution in [-0.4, -0.2) is 11.1 Å². The average Bonchev–Trinajstić information content (AvgIpc) is 2.87. The number of esters is 1. The fourth-order valence-corrected chi connectivity index (χ4v) is 2.13. The fourth-order valence-electron chi connectivity index (χ4n) is 2.13. The van der Waals surface area contributed by atoms with E-state index in [0.29, 0.717) is 0 Å². The second-order valence-corrected chi connectivity index (χ2v) is 5.96. The molecule has 0 aliphatic rings. The number of rotatable bonds is 4. The molecule has 0 radical (unpaired) electrons. The first kappa shape index (κ1) is 26.0. The lowest BCUT2D eigenvalue weighted by Crippen LogP contribution is -2.08. The van der Waals surface area contributed by atoms with E-state index >= 15 is 0 Å². The number of carbonyl (C=O) groups is 1. The number of carbonyl (C=O) groups excluding carboxylic acids is 1. The Labute approximate surface area is 210 Å². The van der Waals surface area contributed by atoms with Crippen molar-refractivity contribution in [3.8, 4) is 118 Å². The van der Waals surface area contributed by atoms with Crippen LogP contribution < -0.4 is 14.2 Å². The lowest BCUT2D eigenvalue weighted by Gasteiger charge is -2.08. The summed E-state index contributed by atoms with van der Waals surface area (Å²) in [4.78, 5) is 12.5. The van der Waals surface area contributed by atoms with Crippen molar-refractivity contribution < 1.29 is 24.1 Å². The molecule has 1 N–H and O–H groups in total. The summed E-state index contributed by atoms with van der Waals surface area (Å²) in [5, 5.41) is 9.89. The minimum atomic E-state index is -0.785. The second-order valence-electron chi connectivity index (χ2n) is 5.96. The molecule has 2 rings (SSSR count). The number of benzene rings is 2. The highest BCUT2D eigenvalue weighted by atomic mass is 16.5. The van der Waals surface area contributed by atoms with E-state index in [0.717, 1.165) is 0 Å². The standard InChI is InChI=1S/C31H14O5/c1-3-5-7-9-11-13-17-21-34-26-23-27(35-22-18-14-12-10-8-6-4-2)25-28(24-26)36-31(33)29-19-15-16-20-30(29)32/h15-16,19-20,23-25,32H,1-2H3. The second kappa shape index (κ2) is 15.6. The number of phenolic OH excluding ortho intramolecular Hbond substituents is 1. The van der Waals surface area contributed by atoms with Crippen molar-refractivity contribution in [3.63, 3.8) is 0 Å². The number of hydrogen-bond donors (Lipinski definition) is 1. The third kappa shape index (κ3) is 9.94. The van der Waals surface area contributed by atoms with Crippen molar-refractivity contribution in [2.45, 2.75) is 13.8 Å². The zero-order chi connectivity index (χ0) is 25.8. The van der Waals surface area contributed by atoms with E-state index in [-0.39, 0.29) is 28.6 Å². The highest BCUT2D eigenvalue weighted by Gasteiger charge is 2.14. The zero-order valence-corrected chi connectivity index (χ0v) is 19.1. The fraction of sp³-hybridized carbons (Fsp3) is 0.0645. The molecular weight excluding hydrogens is 452 g/mol. The van der Waals surface area contributed by atoms with Crippen LogP contribution in [0, 0.1) is 95.1 Å². The number of aromatic hydroxyl groups is 1. The maximum Gasteiger partial charge on any atom is 0.347 e. The molecule has 0 bridgehead atoms. The predicted molar refractivity (Wildman–Crippen MR) is 134 cm³/mol. The molecule has 2 aromatic rings. The van der Waals surface area contributed by atoms with E-state index in [1.165, 1.54) is 30.3 Å². The Morgan fingerprint density at radius 3 is 1.58 bits per heavy atom. The molecule has 0 saturated carbocycles. The molecule has 5 heteroatoms. The van der Waals surface area contributed by atoms with Crippen molar-refractivity contribution in [2.75, 3.05) is 0 Å². The maximum absolute atomic E-state index is 12.5. The summed E-state index contributed by atoms with van der Waals surface area (Å²) in [6.45, 7) is 3.33. The van der Waals surface area contributed by atoms with Crippen molar-refractivity contribution in [2.24, 2.45) is 0 Å². The first-order chi connectivity index (χ1) is 17.6. The van der Waals surface area contributed by atoms with Crippen LogP contribution in [0.15, 0.2) is 42.5 Å². The summed E-state index contributed by atoms with van der Waals surface area (Å²) < 4.78 is 16.0. The van der Waals surface area contributed by atoms with Gasteiger partial charge in [-0.15, -0.1) is 0 Å². The van der Waals surface area contributed by atoms with Gasteiger partial charge in [0.2, 0.25) is 0 Å². The summed E-state index contributed by atoms with van der Waals surface area (Å²) >= 11 is 0. The molecule has 0 saturated heterocycles. The van der Waals surface area contributed by atoms with Crippen LogP contribution in [0.25, 0.3) is 0 Å². The maximum atomic E-state index is 12.5.